The molecule has 3 nitrogen and oxygen atoms in total. The zero-order valence-electron chi connectivity index (χ0n) is 11.5. The third-order valence-electron chi connectivity index (χ3n) is 3.33. The highest BCUT2D eigenvalue weighted by atomic mass is 79.9. The third-order valence-corrected chi connectivity index (χ3v) is 4.25. The normalized spacial score (nSPS) is 12.6. The minimum absolute atomic E-state index is 0.553. The van der Waals surface area contributed by atoms with Crippen molar-refractivity contribution in [3.05, 3.63) is 47.5 Å². The Labute approximate surface area is 123 Å². The van der Waals surface area contributed by atoms with Gasteiger partial charge < -0.3 is 0 Å². The van der Waals surface area contributed by atoms with E-state index in [1.165, 1.54) is 11.1 Å². The molecule has 0 saturated heterocycles. The maximum absolute atomic E-state index is 4.36. The van der Waals surface area contributed by atoms with Gasteiger partial charge in [-0.25, -0.2) is 4.98 Å². The summed E-state index contributed by atoms with van der Waals surface area (Å²) in [7, 11) is 0. The Bertz CT molecular complexity index is 504. The van der Waals surface area contributed by atoms with Gasteiger partial charge in [0.1, 0.15) is 12.2 Å². The van der Waals surface area contributed by atoms with Gasteiger partial charge in [0.2, 0.25) is 0 Å². The van der Waals surface area contributed by atoms with E-state index in [2.05, 4.69) is 64.1 Å². The molecule has 0 saturated carbocycles. The van der Waals surface area contributed by atoms with Crippen molar-refractivity contribution in [1.29, 1.82) is 0 Å². The van der Waals surface area contributed by atoms with Crippen molar-refractivity contribution in [2.75, 3.05) is 5.33 Å². The van der Waals surface area contributed by atoms with Crippen LogP contribution in [0.2, 0.25) is 0 Å². The van der Waals surface area contributed by atoms with Gasteiger partial charge in [0, 0.05) is 18.3 Å². The summed E-state index contributed by atoms with van der Waals surface area (Å²) in [5.74, 6) is 1.64. The Hall–Kier alpha value is -1.16. The van der Waals surface area contributed by atoms with Crippen molar-refractivity contribution in [1.82, 2.24) is 14.8 Å². The number of rotatable bonds is 6. The highest BCUT2D eigenvalue weighted by Gasteiger charge is 2.13. The average molecular weight is 322 g/mol. The molecular weight excluding hydrogens is 302 g/mol. The van der Waals surface area contributed by atoms with Gasteiger partial charge in [-0.15, -0.1) is 0 Å². The lowest BCUT2D eigenvalue weighted by Crippen LogP contribution is -2.14. The number of alkyl halides is 1. The fraction of sp³-hybridized carbons (Fsp3) is 0.467. The van der Waals surface area contributed by atoms with Gasteiger partial charge in [0.25, 0.3) is 0 Å². The van der Waals surface area contributed by atoms with Crippen molar-refractivity contribution in [3.63, 3.8) is 0 Å². The molecule has 0 spiro atoms. The Morgan fingerprint density at radius 3 is 2.58 bits per heavy atom. The van der Waals surface area contributed by atoms with Gasteiger partial charge in [0.05, 0.1) is 0 Å². The summed E-state index contributed by atoms with van der Waals surface area (Å²) in [6.45, 7) is 5.10. The van der Waals surface area contributed by atoms with E-state index in [0.717, 1.165) is 30.5 Å². The molecule has 2 rings (SSSR count). The molecule has 1 aromatic heterocycles. The van der Waals surface area contributed by atoms with Crippen LogP contribution in [-0.2, 0) is 19.4 Å². The molecule has 0 bridgehead atoms. The Morgan fingerprint density at radius 2 is 1.95 bits per heavy atom. The minimum atomic E-state index is 0.553. The summed E-state index contributed by atoms with van der Waals surface area (Å²) in [4.78, 5) is 4.36. The zero-order chi connectivity index (χ0) is 13.7. The minimum Gasteiger partial charge on any atom is -0.250 e. The van der Waals surface area contributed by atoms with Crippen LogP contribution >= 0.6 is 15.9 Å². The first-order valence-corrected chi connectivity index (χ1v) is 7.83. The first kappa shape index (κ1) is 14.3. The second-order valence-electron chi connectivity index (χ2n) is 4.91. The standard InChI is InChI=1S/C15H20BrN3/c1-3-19-15(17-11-18-19)9-14(10-16)8-13-6-4-12(2)5-7-13/h4-7,11,14H,3,8-10H2,1-2H3. The van der Waals surface area contributed by atoms with E-state index < -0.39 is 0 Å². The molecule has 0 radical (unpaired) electrons. The molecule has 0 aliphatic carbocycles. The lowest BCUT2D eigenvalue weighted by atomic mass is 9.97. The second-order valence-corrected chi connectivity index (χ2v) is 5.55. The fourth-order valence-corrected chi connectivity index (χ4v) is 2.67. The van der Waals surface area contributed by atoms with E-state index in [1.807, 2.05) is 4.68 Å². The van der Waals surface area contributed by atoms with Gasteiger partial charge in [-0.05, 0) is 31.7 Å². The molecule has 19 heavy (non-hydrogen) atoms. The zero-order valence-corrected chi connectivity index (χ0v) is 13.1. The van der Waals surface area contributed by atoms with Gasteiger partial charge in [-0.1, -0.05) is 45.8 Å². The first-order valence-electron chi connectivity index (χ1n) is 6.71. The molecule has 1 atom stereocenters. The molecule has 0 N–H and O–H groups in total. The van der Waals surface area contributed by atoms with Crippen molar-refractivity contribution in [2.45, 2.75) is 33.2 Å². The molecule has 102 valence electrons. The van der Waals surface area contributed by atoms with Crippen LogP contribution < -0.4 is 0 Å². The summed E-state index contributed by atoms with van der Waals surface area (Å²) < 4.78 is 1.98. The molecule has 1 unspecified atom stereocenters. The number of aromatic nitrogens is 3. The monoisotopic (exact) mass is 321 g/mol. The number of hydrogen-bond donors (Lipinski definition) is 0. The van der Waals surface area contributed by atoms with Crippen LogP contribution in [0.25, 0.3) is 0 Å². The van der Waals surface area contributed by atoms with Crippen LogP contribution in [-0.4, -0.2) is 20.1 Å². The van der Waals surface area contributed by atoms with Crippen molar-refractivity contribution in [3.8, 4) is 0 Å². The summed E-state index contributed by atoms with van der Waals surface area (Å²) >= 11 is 3.62. The SMILES string of the molecule is CCn1ncnc1CC(CBr)Cc1ccc(C)cc1. The maximum atomic E-state index is 4.36. The fourth-order valence-electron chi connectivity index (χ4n) is 2.21. The highest BCUT2D eigenvalue weighted by Crippen LogP contribution is 2.16. The lowest BCUT2D eigenvalue weighted by molar-refractivity contribution is 0.528. The van der Waals surface area contributed by atoms with Gasteiger partial charge in [-0.3, -0.25) is 4.68 Å². The van der Waals surface area contributed by atoms with Crippen LogP contribution in [0.4, 0.5) is 0 Å². The largest absolute Gasteiger partial charge is 0.250 e. The number of hydrogen-bond acceptors (Lipinski definition) is 2. The lowest BCUT2D eigenvalue weighted by Gasteiger charge is -2.14. The summed E-state index contributed by atoms with van der Waals surface area (Å²) in [5, 5.41) is 5.21. The first-order chi connectivity index (χ1) is 9.22. The van der Waals surface area contributed by atoms with E-state index in [0.29, 0.717) is 5.92 Å². The van der Waals surface area contributed by atoms with Crippen molar-refractivity contribution < 1.29 is 0 Å². The van der Waals surface area contributed by atoms with Gasteiger partial charge in [0.15, 0.2) is 0 Å². The average Bonchev–Trinajstić information content (AvgIpc) is 2.87. The summed E-state index contributed by atoms with van der Waals surface area (Å²) in [6, 6.07) is 8.79. The summed E-state index contributed by atoms with van der Waals surface area (Å²) in [6.07, 6.45) is 3.69. The Kier molecular flexibility index (Phi) is 5.14. The predicted octanol–water partition coefficient (Wildman–Crippen LogP) is 3.40. The van der Waals surface area contributed by atoms with E-state index in [1.54, 1.807) is 6.33 Å². The van der Waals surface area contributed by atoms with Crippen molar-refractivity contribution in [2.24, 2.45) is 5.92 Å². The van der Waals surface area contributed by atoms with Gasteiger partial charge >= 0.3 is 0 Å². The molecule has 1 aromatic carbocycles. The van der Waals surface area contributed by atoms with Crippen molar-refractivity contribution >= 4 is 15.9 Å². The summed E-state index contributed by atoms with van der Waals surface area (Å²) in [5.41, 5.74) is 2.70. The van der Waals surface area contributed by atoms with Crippen LogP contribution in [0.1, 0.15) is 23.9 Å². The molecule has 2 aromatic rings. The maximum Gasteiger partial charge on any atom is 0.138 e. The number of benzene rings is 1. The Balaban J connectivity index is 2.02. The molecule has 1 heterocycles. The number of halogens is 1. The smallest absolute Gasteiger partial charge is 0.138 e. The van der Waals surface area contributed by atoms with E-state index in [4.69, 9.17) is 0 Å². The Morgan fingerprint density at radius 1 is 1.21 bits per heavy atom. The van der Waals surface area contributed by atoms with Gasteiger partial charge in [-0.2, -0.15) is 5.10 Å². The molecule has 0 fully saturated rings. The highest BCUT2D eigenvalue weighted by molar-refractivity contribution is 9.09. The molecule has 0 aliphatic heterocycles. The topological polar surface area (TPSA) is 30.7 Å². The molecule has 0 aliphatic rings. The molecule has 4 heteroatoms. The van der Waals surface area contributed by atoms with Crippen LogP contribution in [0.15, 0.2) is 30.6 Å². The van der Waals surface area contributed by atoms with E-state index in [-0.39, 0.29) is 0 Å². The van der Waals surface area contributed by atoms with Crippen LogP contribution in [0.3, 0.4) is 0 Å². The molecular formula is C15H20BrN3. The number of aryl methyl sites for hydroxylation is 2. The number of nitrogens with zero attached hydrogens (tertiary/aromatic N) is 3. The third kappa shape index (κ3) is 3.90. The van der Waals surface area contributed by atoms with Crippen LogP contribution in [0, 0.1) is 12.8 Å². The predicted molar refractivity (Wildman–Crippen MR) is 81.6 cm³/mol. The second kappa shape index (κ2) is 6.85. The van der Waals surface area contributed by atoms with Crippen LogP contribution in [0.5, 0.6) is 0 Å². The quantitative estimate of drug-likeness (QED) is 0.763. The van der Waals surface area contributed by atoms with E-state index in [9.17, 15) is 0 Å². The van der Waals surface area contributed by atoms with E-state index >= 15 is 0 Å². The molecule has 0 amide bonds.